The van der Waals surface area contributed by atoms with Gasteiger partial charge in [0.05, 0.1) is 11.5 Å². The molecule has 0 bridgehead atoms. The molecular formula is C10H12FNO2S. The molecule has 5 heteroatoms. The van der Waals surface area contributed by atoms with Crippen molar-refractivity contribution in [2.75, 3.05) is 18.1 Å². The van der Waals surface area contributed by atoms with Crippen LogP contribution in [0, 0.1) is 5.82 Å². The lowest BCUT2D eigenvalue weighted by Crippen LogP contribution is -2.57. The molecule has 1 aliphatic rings. The van der Waals surface area contributed by atoms with Gasteiger partial charge in [0, 0.05) is 12.0 Å². The molecular weight excluding hydrogens is 217 g/mol. The molecule has 0 aromatic heterocycles. The molecule has 1 fully saturated rings. The van der Waals surface area contributed by atoms with Crippen LogP contribution in [0.25, 0.3) is 0 Å². The molecule has 0 saturated carbocycles. The Balaban J connectivity index is 2.42. The van der Waals surface area contributed by atoms with E-state index in [9.17, 15) is 12.8 Å². The average molecular weight is 229 g/mol. The maximum Gasteiger partial charge on any atom is 0.152 e. The van der Waals surface area contributed by atoms with Gasteiger partial charge in [-0.2, -0.15) is 0 Å². The van der Waals surface area contributed by atoms with Crippen molar-refractivity contribution in [2.45, 2.75) is 5.41 Å². The summed E-state index contributed by atoms with van der Waals surface area (Å²) >= 11 is 0. The molecule has 1 aromatic rings. The van der Waals surface area contributed by atoms with E-state index in [1.54, 1.807) is 18.2 Å². The van der Waals surface area contributed by atoms with Crippen molar-refractivity contribution in [2.24, 2.45) is 5.73 Å². The number of halogens is 1. The number of benzene rings is 1. The largest absolute Gasteiger partial charge is 0.330 e. The minimum absolute atomic E-state index is 0.0442. The highest BCUT2D eigenvalue weighted by Crippen LogP contribution is 2.36. The molecule has 82 valence electrons. The van der Waals surface area contributed by atoms with E-state index in [4.69, 9.17) is 5.73 Å². The lowest BCUT2D eigenvalue weighted by Gasteiger charge is -2.40. The zero-order valence-corrected chi connectivity index (χ0v) is 8.93. The minimum Gasteiger partial charge on any atom is -0.330 e. The molecule has 1 heterocycles. The number of hydrogen-bond acceptors (Lipinski definition) is 3. The van der Waals surface area contributed by atoms with Crippen molar-refractivity contribution in [3.05, 3.63) is 35.6 Å². The van der Waals surface area contributed by atoms with Gasteiger partial charge in [-0.05, 0) is 11.6 Å². The fourth-order valence-corrected chi connectivity index (χ4v) is 4.22. The highest BCUT2D eigenvalue weighted by atomic mass is 32.2. The first-order valence-electron chi connectivity index (χ1n) is 4.65. The van der Waals surface area contributed by atoms with Gasteiger partial charge >= 0.3 is 0 Å². The summed E-state index contributed by atoms with van der Waals surface area (Å²) in [5.74, 6) is -0.465. The van der Waals surface area contributed by atoms with Gasteiger partial charge in [-0.25, -0.2) is 12.8 Å². The standard InChI is InChI=1S/C10H12FNO2S/c11-9-4-2-1-3-8(9)10(5-12)6-15(13,14)7-10/h1-4H,5-7,12H2. The first-order valence-corrected chi connectivity index (χ1v) is 6.47. The third-order valence-electron chi connectivity index (χ3n) is 2.83. The lowest BCUT2D eigenvalue weighted by atomic mass is 9.83. The van der Waals surface area contributed by atoms with Gasteiger partial charge in [0.2, 0.25) is 0 Å². The fourth-order valence-electron chi connectivity index (χ4n) is 2.07. The summed E-state index contributed by atoms with van der Waals surface area (Å²) in [6.07, 6.45) is 0. The van der Waals surface area contributed by atoms with Gasteiger partial charge in [-0.1, -0.05) is 18.2 Å². The average Bonchev–Trinajstić information content (AvgIpc) is 2.14. The molecule has 0 atom stereocenters. The van der Waals surface area contributed by atoms with E-state index >= 15 is 0 Å². The number of sulfone groups is 1. The van der Waals surface area contributed by atoms with Gasteiger partial charge in [0.1, 0.15) is 5.82 Å². The summed E-state index contributed by atoms with van der Waals surface area (Å²) in [6, 6.07) is 6.21. The minimum atomic E-state index is -3.01. The van der Waals surface area contributed by atoms with Gasteiger partial charge < -0.3 is 5.73 Å². The molecule has 1 aromatic carbocycles. The molecule has 0 unspecified atom stereocenters. The quantitative estimate of drug-likeness (QED) is 0.801. The molecule has 2 N–H and O–H groups in total. The van der Waals surface area contributed by atoms with Gasteiger partial charge in [0.25, 0.3) is 0 Å². The summed E-state index contributed by atoms with van der Waals surface area (Å²) in [6.45, 7) is 0.160. The topological polar surface area (TPSA) is 60.2 Å². The molecule has 1 saturated heterocycles. The van der Waals surface area contributed by atoms with Gasteiger partial charge in [-0.3, -0.25) is 0 Å². The SMILES string of the molecule is NCC1(c2ccccc2F)CS(=O)(=O)C1. The number of nitrogens with two attached hydrogens (primary N) is 1. The molecule has 0 aliphatic carbocycles. The van der Waals surface area contributed by atoms with Crippen molar-refractivity contribution in [1.82, 2.24) is 0 Å². The maximum atomic E-state index is 13.5. The van der Waals surface area contributed by atoms with E-state index in [1.165, 1.54) is 6.07 Å². The van der Waals surface area contributed by atoms with Crippen LogP contribution in [-0.2, 0) is 15.3 Å². The van der Waals surface area contributed by atoms with E-state index < -0.39 is 15.3 Å². The molecule has 1 aliphatic heterocycles. The third kappa shape index (κ3) is 1.66. The maximum absolute atomic E-state index is 13.5. The summed E-state index contributed by atoms with van der Waals surface area (Å²) < 4.78 is 35.8. The number of hydrogen-bond donors (Lipinski definition) is 1. The Kier molecular flexibility index (Phi) is 2.31. The van der Waals surface area contributed by atoms with Crippen LogP contribution < -0.4 is 5.73 Å². The summed E-state index contributed by atoms with van der Waals surface area (Å²) in [4.78, 5) is 0. The zero-order chi connectivity index (χ0) is 11.1. The number of rotatable bonds is 2. The van der Waals surface area contributed by atoms with Crippen LogP contribution in [0.1, 0.15) is 5.56 Å². The van der Waals surface area contributed by atoms with Crippen LogP contribution in [0.3, 0.4) is 0 Å². The highest BCUT2D eigenvalue weighted by molar-refractivity contribution is 7.93. The second-order valence-corrected chi connectivity index (χ2v) is 6.06. The lowest BCUT2D eigenvalue weighted by molar-refractivity contribution is 0.444. The van der Waals surface area contributed by atoms with Crippen molar-refractivity contribution in [1.29, 1.82) is 0 Å². The Morgan fingerprint density at radius 1 is 1.33 bits per heavy atom. The molecule has 2 rings (SSSR count). The van der Waals surface area contributed by atoms with Gasteiger partial charge in [-0.15, -0.1) is 0 Å². The second-order valence-electron chi connectivity index (χ2n) is 4.00. The predicted octanol–water partition coefficient (Wildman–Crippen LogP) is 0.451. The van der Waals surface area contributed by atoms with Crippen LogP contribution in [0.4, 0.5) is 4.39 Å². The summed E-state index contributed by atoms with van der Waals surface area (Å²) in [5, 5.41) is 0. The van der Waals surface area contributed by atoms with Crippen LogP contribution >= 0.6 is 0 Å². The van der Waals surface area contributed by atoms with Crippen molar-refractivity contribution >= 4 is 9.84 Å². The van der Waals surface area contributed by atoms with Crippen molar-refractivity contribution in [3.8, 4) is 0 Å². The summed E-state index contributed by atoms with van der Waals surface area (Å²) in [5.41, 5.74) is 5.27. The predicted molar refractivity (Wildman–Crippen MR) is 55.8 cm³/mol. The smallest absolute Gasteiger partial charge is 0.152 e. The summed E-state index contributed by atoms with van der Waals surface area (Å²) in [7, 11) is -3.01. The van der Waals surface area contributed by atoms with E-state index in [-0.39, 0.29) is 23.9 Å². The zero-order valence-electron chi connectivity index (χ0n) is 8.11. The first-order chi connectivity index (χ1) is 6.99. The monoisotopic (exact) mass is 229 g/mol. The Hall–Kier alpha value is -0.940. The Morgan fingerprint density at radius 3 is 2.40 bits per heavy atom. The molecule has 3 nitrogen and oxygen atoms in total. The van der Waals surface area contributed by atoms with Crippen LogP contribution in [0.15, 0.2) is 24.3 Å². The van der Waals surface area contributed by atoms with Crippen molar-refractivity contribution < 1.29 is 12.8 Å². The van der Waals surface area contributed by atoms with E-state index in [2.05, 4.69) is 0 Å². The highest BCUT2D eigenvalue weighted by Gasteiger charge is 2.49. The van der Waals surface area contributed by atoms with Crippen LogP contribution in [0.2, 0.25) is 0 Å². The van der Waals surface area contributed by atoms with E-state index in [0.29, 0.717) is 5.56 Å². The van der Waals surface area contributed by atoms with E-state index in [0.717, 1.165) is 0 Å². The molecule has 15 heavy (non-hydrogen) atoms. The Morgan fingerprint density at radius 2 is 1.93 bits per heavy atom. The van der Waals surface area contributed by atoms with E-state index in [1.807, 2.05) is 0 Å². The van der Waals surface area contributed by atoms with Crippen molar-refractivity contribution in [3.63, 3.8) is 0 Å². The second kappa shape index (κ2) is 3.28. The van der Waals surface area contributed by atoms with Gasteiger partial charge in [0.15, 0.2) is 9.84 Å². The fraction of sp³-hybridized carbons (Fsp3) is 0.400. The Labute approximate surface area is 88.0 Å². The normalized spacial score (nSPS) is 22.0. The molecule has 0 spiro atoms. The Bertz CT molecular complexity index is 472. The van der Waals surface area contributed by atoms with Crippen LogP contribution in [-0.4, -0.2) is 26.5 Å². The third-order valence-corrected chi connectivity index (χ3v) is 4.81. The first kappa shape index (κ1) is 10.6. The molecule has 0 radical (unpaired) electrons. The van der Waals surface area contributed by atoms with Crippen LogP contribution in [0.5, 0.6) is 0 Å². The molecule has 0 amide bonds.